The number of nitrogens with zero attached hydrogens (tertiary/aromatic N) is 1. The molecule has 0 radical (unpaired) electrons. The predicted molar refractivity (Wildman–Crippen MR) is 225 cm³/mol. The molecule has 0 aliphatic rings. The van der Waals surface area contributed by atoms with E-state index >= 15 is 0 Å². The predicted octanol–water partition coefficient (Wildman–Crippen LogP) is 14.8. The zero-order valence-electron chi connectivity index (χ0n) is 29.3. The Balaban J connectivity index is 1.10. The summed E-state index contributed by atoms with van der Waals surface area (Å²) < 4.78 is 2.66. The molecule has 1 nitrogen and oxygen atoms in total. The third-order valence-corrected chi connectivity index (χ3v) is 11.4. The van der Waals surface area contributed by atoms with Crippen LogP contribution in [0.4, 0.5) is 17.1 Å². The second-order valence-corrected chi connectivity index (χ2v) is 14.5. The van der Waals surface area contributed by atoms with E-state index in [1.807, 2.05) is 11.3 Å². The Bertz CT molecular complexity index is 2670. The highest BCUT2D eigenvalue weighted by molar-refractivity contribution is 7.26. The molecule has 52 heavy (non-hydrogen) atoms. The molecule has 9 aromatic rings. The minimum atomic E-state index is 1.11. The summed E-state index contributed by atoms with van der Waals surface area (Å²) in [5.74, 6) is 0. The number of aryl methyl sites for hydroxylation is 2. The number of fused-ring (bicyclic) bond motifs is 3. The van der Waals surface area contributed by atoms with Crippen LogP contribution < -0.4 is 4.90 Å². The number of anilines is 3. The summed E-state index contributed by atoms with van der Waals surface area (Å²) in [5, 5.41) is 2.65. The van der Waals surface area contributed by atoms with Gasteiger partial charge < -0.3 is 4.90 Å². The van der Waals surface area contributed by atoms with E-state index in [0.29, 0.717) is 0 Å². The van der Waals surface area contributed by atoms with E-state index in [-0.39, 0.29) is 0 Å². The molecule has 9 rings (SSSR count). The quantitative estimate of drug-likeness (QED) is 0.162. The summed E-state index contributed by atoms with van der Waals surface area (Å²) in [6, 6.07) is 68.4. The van der Waals surface area contributed by atoms with Crippen LogP contribution in [0.15, 0.2) is 188 Å². The molecule has 0 unspecified atom stereocenters. The Morgan fingerprint density at radius 3 is 1.54 bits per heavy atom. The summed E-state index contributed by atoms with van der Waals surface area (Å²) in [6.45, 7) is 4.39. The van der Waals surface area contributed by atoms with Crippen molar-refractivity contribution in [2.75, 3.05) is 4.90 Å². The summed E-state index contributed by atoms with van der Waals surface area (Å²) >= 11 is 1.88. The molecular formula is C50H37NS. The largest absolute Gasteiger partial charge is 0.311 e. The van der Waals surface area contributed by atoms with Crippen LogP contribution in [0.2, 0.25) is 0 Å². The lowest BCUT2D eigenvalue weighted by Crippen LogP contribution is -2.09. The summed E-state index contributed by atoms with van der Waals surface area (Å²) in [7, 11) is 0. The van der Waals surface area contributed by atoms with Crippen molar-refractivity contribution >= 4 is 48.6 Å². The van der Waals surface area contributed by atoms with E-state index < -0.39 is 0 Å². The molecule has 0 bridgehead atoms. The highest BCUT2D eigenvalue weighted by atomic mass is 32.1. The topological polar surface area (TPSA) is 3.24 Å². The molecule has 0 spiro atoms. The van der Waals surface area contributed by atoms with Crippen LogP contribution in [0, 0.1) is 13.8 Å². The molecule has 0 fully saturated rings. The lowest BCUT2D eigenvalue weighted by molar-refractivity contribution is 1.28. The fourth-order valence-electron chi connectivity index (χ4n) is 7.42. The van der Waals surface area contributed by atoms with Gasteiger partial charge in [0.15, 0.2) is 0 Å². The normalized spacial score (nSPS) is 11.3. The molecular weight excluding hydrogens is 647 g/mol. The summed E-state index contributed by atoms with van der Waals surface area (Å²) in [4.78, 5) is 2.36. The average Bonchev–Trinajstić information content (AvgIpc) is 3.59. The molecule has 1 aromatic heterocycles. The van der Waals surface area contributed by atoms with Crippen LogP contribution in [-0.4, -0.2) is 0 Å². The molecule has 0 N–H and O–H groups in total. The third-order valence-electron chi connectivity index (χ3n) is 10.2. The van der Waals surface area contributed by atoms with Crippen molar-refractivity contribution in [3.05, 3.63) is 199 Å². The van der Waals surface area contributed by atoms with Crippen molar-refractivity contribution in [3.8, 4) is 44.5 Å². The van der Waals surface area contributed by atoms with Crippen molar-refractivity contribution in [2.24, 2.45) is 0 Å². The van der Waals surface area contributed by atoms with E-state index in [1.54, 1.807) is 0 Å². The molecule has 8 aromatic carbocycles. The Kier molecular flexibility index (Phi) is 8.23. The van der Waals surface area contributed by atoms with Crippen LogP contribution >= 0.6 is 11.3 Å². The Labute approximate surface area is 309 Å². The molecule has 0 amide bonds. The van der Waals surface area contributed by atoms with Gasteiger partial charge in [-0.05, 0) is 118 Å². The number of hydrogen-bond acceptors (Lipinski definition) is 2. The number of thiophene rings is 1. The Morgan fingerprint density at radius 1 is 0.346 bits per heavy atom. The standard InChI is InChI=1S/C50H37NS/c1-34-11-6-7-14-44(34)48-33-40(20-19-35(48)2)38-23-29-42(30-24-38)51(41-27-21-37(22-28-41)36-12-4-3-5-13-36)43-31-25-39(26-32-43)45-16-10-17-47-46-15-8-9-18-49(46)52-50(45)47/h3-33H,1-2H3. The van der Waals surface area contributed by atoms with Crippen LogP contribution in [0.1, 0.15) is 11.1 Å². The van der Waals surface area contributed by atoms with E-state index in [2.05, 4.69) is 207 Å². The van der Waals surface area contributed by atoms with Gasteiger partial charge in [-0.15, -0.1) is 11.3 Å². The molecule has 0 saturated carbocycles. The smallest absolute Gasteiger partial charge is 0.0462 e. The lowest BCUT2D eigenvalue weighted by Gasteiger charge is -2.26. The minimum absolute atomic E-state index is 1.11. The average molecular weight is 684 g/mol. The van der Waals surface area contributed by atoms with E-state index in [9.17, 15) is 0 Å². The van der Waals surface area contributed by atoms with Crippen LogP contribution in [0.3, 0.4) is 0 Å². The molecule has 0 saturated heterocycles. The Morgan fingerprint density at radius 2 is 0.846 bits per heavy atom. The van der Waals surface area contributed by atoms with Gasteiger partial charge in [0, 0.05) is 37.2 Å². The van der Waals surface area contributed by atoms with Gasteiger partial charge in [-0.2, -0.15) is 0 Å². The number of benzene rings is 8. The highest BCUT2D eigenvalue weighted by Gasteiger charge is 2.16. The second-order valence-electron chi connectivity index (χ2n) is 13.5. The lowest BCUT2D eigenvalue weighted by atomic mass is 9.93. The first-order valence-electron chi connectivity index (χ1n) is 17.8. The fourth-order valence-corrected chi connectivity index (χ4v) is 8.65. The SMILES string of the molecule is Cc1ccccc1-c1cc(-c2ccc(N(c3ccc(-c4ccccc4)cc3)c3ccc(-c4cccc5c4sc4ccccc45)cc3)cc2)ccc1C. The van der Waals surface area contributed by atoms with E-state index in [4.69, 9.17) is 0 Å². The highest BCUT2D eigenvalue weighted by Crippen LogP contribution is 2.42. The fraction of sp³-hybridized carbons (Fsp3) is 0.0400. The van der Waals surface area contributed by atoms with Gasteiger partial charge in [-0.1, -0.05) is 140 Å². The zero-order chi connectivity index (χ0) is 35.0. The molecule has 2 heteroatoms. The maximum atomic E-state index is 2.36. The van der Waals surface area contributed by atoms with Gasteiger partial charge in [-0.25, -0.2) is 0 Å². The zero-order valence-corrected chi connectivity index (χ0v) is 30.1. The van der Waals surface area contributed by atoms with Gasteiger partial charge in [0.2, 0.25) is 0 Å². The van der Waals surface area contributed by atoms with Crippen molar-refractivity contribution < 1.29 is 0 Å². The minimum Gasteiger partial charge on any atom is -0.311 e. The first-order chi connectivity index (χ1) is 25.6. The van der Waals surface area contributed by atoms with E-state index in [1.165, 1.54) is 75.8 Å². The molecule has 248 valence electrons. The Hall–Kier alpha value is -6.22. The van der Waals surface area contributed by atoms with Crippen molar-refractivity contribution in [3.63, 3.8) is 0 Å². The van der Waals surface area contributed by atoms with Gasteiger partial charge in [-0.3, -0.25) is 0 Å². The molecule has 1 heterocycles. The number of hydrogen-bond donors (Lipinski definition) is 0. The van der Waals surface area contributed by atoms with Crippen molar-refractivity contribution in [2.45, 2.75) is 13.8 Å². The maximum absolute atomic E-state index is 2.36. The molecule has 0 atom stereocenters. The van der Waals surface area contributed by atoms with Gasteiger partial charge in [0.05, 0.1) is 0 Å². The van der Waals surface area contributed by atoms with Gasteiger partial charge in [0.1, 0.15) is 0 Å². The van der Waals surface area contributed by atoms with Crippen molar-refractivity contribution in [1.82, 2.24) is 0 Å². The number of rotatable bonds is 7. The first-order valence-corrected chi connectivity index (χ1v) is 18.7. The van der Waals surface area contributed by atoms with E-state index in [0.717, 1.165) is 17.1 Å². The maximum Gasteiger partial charge on any atom is 0.0462 e. The van der Waals surface area contributed by atoms with Crippen LogP contribution in [0.25, 0.3) is 64.7 Å². The first kappa shape index (κ1) is 31.7. The monoisotopic (exact) mass is 683 g/mol. The van der Waals surface area contributed by atoms with Crippen LogP contribution in [-0.2, 0) is 0 Å². The molecule has 0 aliphatic carbocycles. The third kappa shape index (κ3) is 5.88. The second kappa shape index (κ2) is 13.5. The summed E-state index contributed by atoms with van der Waals surface area (Å²) in [5.41, 5.74) is 15.8. The van der Waals surface area contributed by atoms with Gasteiger partial charge >= 0.3 is 0 Å². The van der Waals surface area contributed by atoms with Crippen molar-refractivity contribution in [1.29, 1.82) is 0 Å². The summed E-state index contributed by atoms with van der Waals surface area (Å²) in [6.07, 6.45) is 0. The van der Waals surface area contributed by atoms with Gasteiger partial charge in [0.25, 0.3) is 0 Å². The molecule has 0 aliphatic heterocycles. The van der Waals surface area contributed by atoms with Crippen LogP contribution in [0.5, 0.6) is 0 Å².